The largest absolute Gasteiger partial charge is 0.504 e. The summed E-state index contributed by atoms with van der Waals surface area (Å²) in [4.78, 5) is 0. The topological polar surface area (TPSA) is 49.7 Å². The van der Waals surface area contributed by atoms with Gasteiger partial charge in [-0.15, -0.1) is 0 Å². The molecule has 2 aromatic rings. The average molecular weight is 258 g/mol. The molecule has 0 heterocycles. The predicted octanol–water partition coefficient (Wildman–Crippen LogP) is 4.01. The van der Waals surface area contributed by atoms with E-state index in [9.17, 15) is 10.2 Å². The van der Waals surface area contributed by atoms with Crippen LogP contribution in [0.3, 0.4) is 0 Å². The van der Waals surface area contributed by atoms with Gasteiger partial charge in [-0.3, -0.25) is 0 Å². The summed E-state index contributed by atoms with van der Waals surface area (Å²) in [5.41, 5.74) is 1.77. The zero-order chi connectivity index (χ0) is 13.8. The number of phenols is 2. The van der Waals surface area contributed by atoms with Gasteiger partial charge in [0.25, 0.3) is 0 Å². The van der Waals surface area contributed by atoms with Crippen LogP contribution in [0, 0.1) is 0 Å². The highest BCUT2D eigenvalue weighted by atomic mass is 16.5. The Morgan fingerprint density at radius 1 is 1.00 bits per heavy atom. The predicted molar refractivity (Wildman–Crippen MR) is 75.0 cm³/mol. The van der Waals surface area contributed by atoms with Gasteiger partial charge < -0.3 is 14.9 Å². The molecular formula is C16H18O3. The first-order valence-electron chi connectivity index (χ1n) is 6.46. The van der Waals surface area contributed by atoms with Crippen LogP contribution in [0.2, 0.25) is 0 Å². The lowest BCUT2D eigenvalue weighted by atomic mass is 10.0. The number of ether oxygens (including phenoxy) is 1. The second kappa shape index (κ2) is 5.65. The maximum Gasteiger partial charge on any atom is 0.210 e. The smallest absolute Gasteiger partial charge is 0.210 e. The molecule has 0 aliphatic rings. The van der Waals surface area contributed by atoms with E-state index in [1.54, 1.807) is 18.2 Å². The van der Waals surface area contributed by atoms with Crippen molar-refractivity contribution < 1.29 is 14.9 Å². The highest BCUT2D eigenvalue weighted by molar-refractivity contribution is 5.59. The molecule has 3 heteroatoms. The highest BCUT2D eigenvalue weighted by Gasteiger charge is 2.17. The van der Waals surface area contributed by atoms with E-state index in [4.69, 9.17) is 4.74 Å². The first-order chi connectivity index (χ1) is 9.17. The highest BCUT2D eigenvalue weighted by Crippen LogP contribution is 2.43. The minimum atomic E-state index is -0.0320. The molecule has 0 aliphatic carbocycles. The molecule has 2 rings (SSSR count). The van der Waals surface area contributed by atoms with Gasteiger partial charge in [0.05, 0.1) is 0 Å². The number of para-hydroxylation sites is 1. The van der Waals surface area contributed by atoms with Gasteiger partial charge >= 0.3 is 0 Å². The minimum Gasteiger partial charge on any atom is -0.504 e. The first kappa shape index (κ1) is 13.3. The van der Waals surface area contributed by atoms with Gasteiger partial charge in [-0.25, -0.2) is 0 Å². The lowest BCUT2D eigenvalue weighted by Gasteiger charge is -2.15. The fourth-order valence-electron chi connectivity index (χ4n) is 2.15. The number of hydrogen-bond donors (Lipinski definition) is 2. The van der Waals surface area contributed by atoms with Crippen LogP contribution < -0.4 is 4.74 Å². The van der Waals surface area contributed by atoms with Crippen LogP contribution in [0.15, 0.2) is 36.4 Å². The van der Waals surface area contributed by atoms with Gasteiger partial charge in [-0.2, -0.15) is 0 Å². The molecule has 0 bridgehead atoms. The Labute approximate surface area is 113 Å². The van der Waals surface area contributed by atoms with E-state index in [2.05, 4.69) is 0 Å². The van der Waals surface area contributed by atoms with Crippen molar-refractivity contribution in [2.45, 2.75) is 26.7 Å². The van der Waals surface area contributed by atoms with E-state index in [-0.39, 0.29) is 17.2 Å². The standard InChI is InChI=1S/C16H18O3/c1-3-11-10-14(17)16(15(18)13(11)4-2)19-12-8-6-5-7-9-12/h5-10,17-18H,3-4H2,1-2H3. The molecule has 0 saturated heterocycles. The molecule has 100 valence electrons. The fraction of sp³-hybridized carbons (Fsp3) is 0.250. The van der Waals surface area contributed by atoms with Crippen LogP contribution in [-0.4, -0.2) is 10.2 Å². The maximum atomic E-state index is 10.3. The van der Waals surface area contributed by atoms with Crippen molar-refractivity contribution in [3.63, 3.8) is 0 Å². The van der Waals surface area contributed by atoms with E-state index in [1.807, 2.05) is 32.0 Å². The summed E-state index contributed by atoms with van der Waals surface area (Å²) in [6, 6.07) is 10.8. The summed E-state index contributed by atoms with van der Waals surface area (Å²) in [7, 11) is 0. The van der Waals surface area contributed by atoms with Crippen molar-refractivity contribution in [3.05, 3.63) is 47.5 Å². The Morgan fingerprint density at radius 2 is 1.68 bits per heavy atom. The Bertz CT molecular complexity index is 562. The monoisotopic (exact) mass is 258 g/mol. The summed E-state index contributed by atoms with van der Waals surface area (Å²) in [5.74, 6) is 0.707. The van der Waals surface area contributed by atoms with Crippen molar-refractivity contribution in [1.82, 2.24) is 0 Å². The number of aryl methyl sites for hydroxylation is 1. The fourth-order valence-corrected chi connectivity index (χ4v) is 2.15. The quantitative estimate of drug-likeness (QED) is 0.871. The van der Waals surface area contributed by atoms with Crippen LogP contribution in [0.5, 0.6) is 23.0 Å². The van der Waals surface area contributed by atoms with E-state index in [0.29, 0.717) is 12.2 Å². The second-order valence-corrected chi connectivity index (χ2v) is 4.33. The van der Waals surface area contributed by atoms with Gasteiger partial charge in [-0.05, 0) is 36.6 Å². The summed E-state index contributed by atoms with van der Waals surface area (Å²) < 4.78 is 5.58. The molecule has 19 heavy (non-hydrogen) atoms. The molecule has 0 aromatic heterocycles. The van der Waals surface area contributed by atoms with Crippen molar-refractivity contribution >= 4 is 0 Å². The average Bonchev–Trinajstić information content (AvgIpc) is 2.44. The van der Waals surface area contributed by atoms with Crippen LogP contribution in [-0.2, 0) is 12.8 Å². The van der Waals surface area contributed by atoms with Crippen LogP contribution in [0.1, 0.15) is 25.0 Å². The van der Waals surface area contributed by atoms with Crippen molar-refractivity contribution in [2.75, 3.05) is 0 Å². The summed E-state index contributed by atoms with van der Waals surface area (Å²) >= 11 is 0. The van der Waals surface area contributed by atoms with Crippen molar-refractivity contribution in [2.24, 2.45) is 0 Å². The molecule has 2 N–H and O–H groups in total. The lowest BCUT2D eigenvalue weighted by molar-refractivity contribution is 0.372. The third-order valence-electron chi connectivity index (χ3n) is 3.13. The summed E-state index contributed by atoms with van der Waals surface area (Å²) in [6.45, 7) is 3.96. The molecule has 0 saturated carbocycles. The molecule has 0 atom stereocenters. The molecule has 0 fully saturated rings. The third kappa shape index (κ3) is 2.65. The number of benzene rings is 2. The zero-order valence-corrected chi connectivity index (χ0v) is 11.2. The number of rotatable bonds is 4. The van der Waals surface area contributed by atoms with E-state index >= 15 is 0 Å². The van der Waals surface area contributed by atoms with E-state index in [1.165, 1.54) is 0 Å². The maximum absolute atomic E-state index is 10.3. The van der Waals surface area contributed by atoms with E-state index < -0.39 is 0 Å². The van der Waals surface area contributed by atoms with Crippen LogP contribution >= 0.6 is 0 Å². The summed E-state index contributed by atoms with van der Waals surface area (Å²) in [6.07, 6.45) is 1.45. The number of hydrogen-bond acceptors (Lipinski definition) is 3. The Balaban J connectivity index is 2.46. The van der Waals surface area contributed by atoms with Gasteiger partial charge in [0.1, 0.15) is 5.75 Å². The minimum absolute atomic E-state index is 0.0307. The van der Waals surface area contributed by atoms with Crippen molar-refractivity contribution in [1.29, 1.82) is 0 Å². The van der Waals surface area contributed by atoms with Gasteiger partial charge in [-0.1, -0.05) is 32.0 Å². The zero-order valence-electron chi connectivity index (χ0n) is 11.2. The Hall–Kier alpha value is -2.16. The lowest BCUT2D eigenvalue weighted by Crippen LogP contribution is -1.95. The van der Waals surface area contributed by atoms with E-state index in [0.717, 1.165) is 17.5 Å². The molecule has 0 aliphatic heterocycles. The van der Waals surface area contributed by atoms with Gasteiger partial charge in [0.2, 0.25) is 5.75 Å². The molecule has 3 nitrogen and oxygen atoms in total. The number of phenolic OH excluding ortho intramolecular Hbond substituents is 2. The van der Waals surface area contributed by atoms with Gasteiger partial charge in [0, 0.05) is 5.56 Å². The normalized spacial score (nSPS) is 10.4. The third-order valence-corrected chi connectivity index (χ3v) is 3.13. The Morgan fingerprint density at radius 3 is 2.26 bits per heavy atom. The molecule has 0 amide bonds. The molecular weight excluding hydrogens is 240 g/mol. The molecule has 0 radical (unpaired) electrons. The number of aromatic hydroxyl groups is 2. The molecule has 2 aromatic carbocycles. The Kier molecular flexibility index (Phi) is 3.95. The SMILES string of the molecule is CCc1cc(O)c(Oc2ccccc2)c(O)c1CC. The van der Waals surface area contributed by atoms with Crippen LogP contribution in [0.4, 0.5) is 0 Å². The molecule has 0 unspecified atom stereocenters. The first-order valence-corrected chi connectivity index (χ1v) is 6.46. The van der Waals surface area contributed by atoms with Crippen molar-refractivity contribution in [3.8, 4) is 23.0 Å². The molecule has 0 spiro atoms. The summed E-state index contributed by atoms with van der Waals surface area (Å²) in [5, 5.41) is 20.3. The van der Waals surface area contributed by atoms with Gasteiger partial charge in [0.15, 0.2) is 11.5 Å². The second-order valence-electron chi connectivity index (χ2n) is 4.33. The van der Waals surface area contributed by atoms with Crippen LogP contribution in [0.25, 0.3) is 0 Å².